The van der Waals surface area contributed by atoms with Gasteiger partial charge in [0, 0.05) is 5.56 Å². The van der Waals surface area contributed by atoms with Crippen LogP contribution in [0.1, 0.15) is 36.7 Å². The number of rotatable bonds is 2. The summed E-state index contributed by atoms with van der Waals surface area (Å²) in [6.07, 6.45) is -0.843. The first-order valence-electron chi connectivity index (χ1n) is 7.97. The summed E-state index contributed by atoms with van der Waals surface area (Å²) in [6.45, 7) is 4.52. The molecule has 27 heavy (non-hydrogen) atoms. The third-order valence-corrected chi connectivity index (χ3v) is 7.39. The molecular formula is C17H23FN2O6S. The van der Waals surface area contributed by atoms with Crippen molar-refractivity contribution in [1.82, 2.24) is 5.32 Å². The number of benzene rings is 1. The maximum Gasteiger partial charge on any atom is 0.412 e. The lowest BCUT2D eigenvalue weighted by molar-refractivity contribution is 0.0600. The number of nitrogens with zero attached hydrogens (tertiary/aromatic N) is 1. The number of esters is 1. The van der Waals surface area contributed by atoms with Gasteiger partial charge in [0.2, 0.25) is 0 Å². The van der Waals surface area contributed by atoms with Crippen LogP contribution in [0.15, 0.2) is 23.2 Å². The van der Waals surface area contributed by atoms with E-state index >= 15 is 0 Å². The van der Waals surface area contributed by atoms with Crippen molar-refractivity contribution in [2.24, 2.45) is 4.99 Å². The van der Waals surface area contributed by atoms with E-state index < -0.39 is 38.8 Å². The summed E-state index contributed by atoms with van der Waals surface area (Å²) >= 11 is 0. The minimum atomic E-state index is -3.36. The van der Waals surface area contributed by atoms with Crippen LogP contribution >= 0.6 is 10.6 Å². The fourth-order valence-electron chi connectivity index (χ4n) is 2.79. The highest BCUT2D eigenvalue weighted by Crippen LogP contribution is 2.59. The van der Waals surface area contributed by atoms with Gasteiger partial charge in [0.25, 0.3) is 0 Å². The Kier molecular flexibility index (Phi) is 5.56. The molecule has 1 aliphatic heterocycles. The van der Waals surface area contributed by atoms with Gasteiger partial charge in [-0.1, -0.05) is 0 Å². The number of halogens is 1. The van der Waals surface area contributed by atoms with Gasteiger partial charge in [0.15, 0.2) is 0 Å². The lowest BCUT2D eigenvalue weighted by Gasteiger charge is -2.53. The second kappa shape index (κ2) is 7.10. The fourth-order valence-corrected chi connectivity index (χ4v) is 4.56. The predicted molar refractivity (Wildman–Crippen MR) is 99.9 cm³/mol. The average molecular weight is 402 g/mol. The van der Waals surface area contributed by atoms with Gasteiger partial charge < -0.3 is 9.47 Å². The van der Waals surface area contributed by atoms with E-state index in [1.807, 2.05) is 0 Å². The van der Waals surface area contributed by atoms with E-state index in [4.69, 9.17) is 0 Å². The number of carbonyl (C=O) groups excluding carboxylic acids is 2. The number of alkyl carbamates (subject to hydrolysis) is 1. The zero-order valence-electron chi connectivity index (χ0n) is 15.7. The molecule has 0 saturated carbocycles. The molecular weight excluding hydrogens is 379 g/mol. The monoisotopic (exact) mass is 402 g/mol. The van der Waals surface area contributed by atoms with Crippen molar-refractivity contribution in [3.05, 3.63) is 35.1 Å². The Labute approximate surface area is 158 Å². The maximum atomic E-state index is 14.6. The van der Waals surface area contributed by atoms with Crippen LogP contribution in [-0.2, 0) is 15.0 Å². The van der Waals surface area contributed by atoms with Gasteiger partial charge >= 0.3 is 12.1 Å². The second-order valence-electron chi connectivity index (χ2n) is 6.86. The van der Waals surface area contributed by atoms with E-state index in [9.17, 15) is 23.1 Å². The van der Waals surface area contributed by atoms with Gasteiger partial charge in [-0.3, -0.25) is 19.4 Å². The fraction of sp³-hybridized carbons (Fsp3) is 0.471. The van der Waals surface area contributed by atoms with Crippen molar-refractivity contribution in [2.75, 3.05) is 20.0 Å². The Balaban J connectivity index is 2.65. The first-order valence-corrected chi connectivity index (χ1v) is 9.68. The largest absolute Gasteiger partial charge is 0.465 e. The highest BCUT2D eigenvalue weighted by atomic mass is 32.3. The zero-order chi connectivity index (χ0) is 20.6. The van der Waals surface area contributed by atoms with Crippen LogP contribution in [0.4, 0.5) is 9.18 Å². The van der Waals surface area contributed by atoms with Crippen LogP contribution in [0.25, 0.3) is 0 Å². The van der Waals surface area contributed by atoms with Crippen LogP contribution in [-0.4, -0.2) is 51.7 Å². The molecule has 8 nitrogen and oxygen atoms in total. The predicted octanol–water partition coefficient (Wildman–Crippen LogP) is 3.12. The van der Waals surface area contributed by atoms with Crippen molar-refractivity contribution in [3.63, 3.8) is 0 Å². The summed E-state index contributed by atoms with van der Waals surface area (Å²) in [5.74, 6) is -1.69. The molecule has 0 aliphatic carbocycles. The van der Waals surface area contributed by atoms with Crippen LogP contribution < -0.4 is 5.32 Å². The van der Waals surface area contributed by atoms with E-state index in [1.54, 1.807) is 0 Å². The molecule has 150 valence electrons. The molecule has 1 unspecified atom stereocenters. The summed E-state index contributed by atoms with van der Waals surface area (Å²) in [6, 6.07) is 3.60. The number of carbonyl (C=O) groups is 2. The molecule has 10 heteroatoms. The van der Waals surface area contributed by atoms with Crippen LogP contribution in [0.5, 0.6) is 0 Å². The number of nitrogens with one attached hydrogen (secondary N) is 1. The SMILES string of the molecule is COC(=O)NC1=NC(C)(c2cc(C(=O)OC)ccc2F)CS(O)(O)C1(C)C. The number of amidine groups is 1. The lowest BCUT2D eigenvalue weighted by Crippen LogP contribution is -2.55. The molecule has 1 aromatic rings. The van der Waals surface area contributed by atoms with Gasteiger partial charge in [-0.05, 0) is 39.0 Å². The number of hydrogen-bond acceptors (Lipinski definition) is 7. The van der Waals surface area contributed by atoms with E-state index in [1.165, 1.54) is 40.0 Å². The second-order valence-corrected chi connectivity index (χ2v) is 9.50. The minimum absolute atomic E-state index is 0.0231. The summed E-state index contributed by atoms with van der Waals surface area (Å²) in [7, 11) is -1.01. The van der Waals surface area contributed by atoms with E-state index in [0.717, 1.165) is 13.2 Å². The van der Waals surface area contributed by atoms with Crippen molar-refractivity contribution in [2.45, 2.75) is 31.1 Å². The van der Waals surface area contributed by atoms with Crippen molar-refractivity contribution in [3.8, 4) is 0 Å². The Morgan fingerprint density at radius 3 is 2.41 bits per heavy atom. The summed E-state index contributed by atoms with van der Waals surface area (Å²) in [4.78, 5) is 27.9. The molecule has 1 aliphatic rings. The quantitative estimate of drug-likeness (QED) is 0.654. The zero-order valence-corrected chi connectivity index (χ0v) is 16.5. The Morgan fingerprint density at radius 1 is 1.22 bits per heavy atom. The number of methoxy groups -OCH3 is 2. The van der Waals surface area contributed by atoms with Gasteiger partial charge in [-0.2, -0.15) is 10.6 Å². The minimum Gasteiger partial charge on any atom is -0.465 e. The number of aliphatic imine (C=N–C) groups is 1. The van der Waals surface area contributed by atoms with E-state index in [2.05, 4.69) is 19.8 Å². The van der Waals surface area contributed by atoms with Gasteiger partial charge in [0.05, 0.1) is 25.5 Å². The third-order valence-electron chi connectivity index (χ3n) is 4.60. The number of ether oxygens (including phenoxy) is 2. The molecule has 2 rings (SSSR count). The number of amides is 1. The highest BCUT2D eigenvalue weighted by molar-refractivity contribution is 8.26. The molecule has 1 amide bonds. The third kappa shape index (κ3) is 3.78. The Morgan fingerprint density at radius 2 is 1.85 bits per heavy atom. The van der Waals surface area contributed by atoms with Crippen molar-refractivity contribution in [1.29, 1.82) is 0 Å². The van der Waals surface area contributed by atoms with Crippen LogP contribution in [0.2, 0.25) is 0 Å². The topological polar surface area (TPSA) is 117 Å². The van der Waals surface area contributed by atoms with Gasteiger partial charge in [-0.25, -0.2) is 14.0 Å². The van der Waals surface area contributed by atoms with Gasteiger partial charge in [-0.15, -0.1) is 0 Å². The van der Waals surface area contributed by atoms with E-state index in [-0.39, 0.29) is 22.7 Å². The molecule has 3 N–H and O–H groups in total. The van der Waals surface area contributed by atoms with Crippen LogP contribution in [0, 0.1) is 5.82 Å². The van der Waals surface area contributed by atoms with Crippen molar-refractivity contribution >= 4 is 28.5 Å². The molecule has 1 aromatic carbocycles. The normalized spacial score (nSPS) is 24.4. The van der Waals surface area contributed by atoms with E-state index in [0.29, 0.717) is 0 Å². The standard InChI is InChI=1S/C17H23FN2O6S/c1-16(2)14(19-15(22)26-5)20-17(3,9-27(16,23)24)11-8-10(13(21)25-4)6-7-12(11)18/h6-8,23-24H,9H2,1-5H3,(H,19,20,22). The first kappa shape index (κ1) is 21.1. The molecule has 0 saturated heterocycles. The summed E-state index contributed by atoms with van der Waals surface area (Å²) in [5.41, 5.74) is -1.38. The number of hydrogen-bond donors (Lipinski definition) is 3. The first-order chi connectivity index (χ1) is 12.4. The summed E-state index contributed by atoms with van der Waals surface area (Å²) in [5, 5.41) is 2.38. The molecule has 0 aromatic heterocycles. The Hall–Kier alpha value is -2.17. The lowest BCUT2D eigenvalue weighted by atomic mass is 9.91. The highest BCUT2D eigenvalue weighted by Gasteiger charge is 2.50. The van der Waals surface area contributed by atoms with Crippen LogP contribution in [0.3, 0.4) is 0 Å². The molecule has 1 atom stereocenters. The van der Waals surface area contributed by atoms with Gasteiger partial charge in [0.1, 0.15) is 21.9 Å². The molecule has 0 spiro atoms. The summed E-state index contributed by atoms with van der Waals surface area (Å²) < 4.78 is 43.9. The average Bonchev–Trinajstić information content (AvgIpc) is 2.58. The van der Waals surface area contributed by atoms with Crippen molar-refractivity contribution < 1.29 is 32.6 Å². The maximum absolute atomic E-state index is 14.6. The molecule has 0 bridgehead atoms. The Bertz CT molecular complexity index is 811. The molecule has 0 fully saturated rings. The molecule has 0 radical (unpaired) electrons. The smallest absolute Gasteiger partial charge is 0.412 e. The molecule has 1 heterocycles.